The number of hydrogen-bond acceptors (Lipinski definition) is 4. The maximum atomic E-state index is 11.5. The number of carbonyl (C=O) groups is 1. The highest BCUT2D eigenvalue weighted by molar-refractivity contribution is 5.68. The normalized spacial score (nSPS) is 11.6. The largest absolute Gasteiger partial charge is 0.444 e. The van der Waals surface area contributed by atoms with Crippen LogP contribution in [0.25, 0.3) is 0 Å². The van der Waals surface area contributed by atoms with E-state index in [1.165, 1.54) is 0 Å². The Bertz CT molecular complexity index is 252. The zero-order chi connectivity index (χ0) is 14.6. The van der Waals surface area contributed by atoms with Crippen LogP contribution in [0.15, 0.2) is 0 Å². The minimum Gasteiger partial charge on any atom is -0.444 e. The number of rotatable bonds is 5. The number of carbonyl (C=O) groups excluding carboxylic acids is 3. The fourth-order valence-electron chi connectivity index (χ4n) is 1.30. The van der Waals surface area contributed by atoms with Gasteiger partial charge in [-0.15, -0.1) is 0 Å². The van der Waals surface area contributed by atoms with Gasteiger partial charge in [0.05, 0.1) is 0 Å². The van der Waals surface area contributed by atoms with Gasteiger partial charge in [0.1, 0.15) is 5.60 Å². The zero-order valence-corrected chi connectivity index (χ0v) is 12.0. The molecule has 0 unspecified atom stereocenters. The van der Waals surface area contributed by atoms with Crippen LogP contribution >= 0.6 is 0 Å². The van der Waals surface area contributed by atoms with Gasteiger partial charge >= 0.3 is 12.2 Å². The van der Waals surface area contributed by atoms with Gasteiger partial charge in [-0.05, 0) is 33.6 Å². The number of ether oxygens (including phenoxy) is 1. The summed E-state index contributed by atoms with van der Waals surface area (Å²) in [5.41, 5.74) is -0.410. The number of hydrogen-bond donors (Lipinski definition) is 1. The Labute approximate surface area is 109 Å². The summed E-state index contributed by atoms with van der Waals surface area (Å²) in [5.74, 6) is 0. The zero-order valence-electron chi connectivity index (χ0n) is 12.0. The molecule has 0 saturated carbocycles. The molecule has 106 valence electrons. The molecule has 0 aliphatic heterocycles. The lowest BCUT2D eigenvalue weighted by Gasteiger charge is -2.23. The Morgan fingerprint density at radius 1 is 1.28 bits per heavy atom. The molecule has 0 aromatic rings. The summed E-state index contributed by atoms with van der Waals surface area (Å²) in [7, 11) is 0. The number of unbranched alkanes of at least 4 members (excludes halogenated alkanes) is 1. The monoisotopic (exact) mass is 259 g/mol. The van der Waals surface area contributed by atoms with Gasteiger partial charge in [0, 0.05) is 6.04 Å². The first-order valence-electron chi connectivity index (χ1n) is 6.29. The topological polar surface area (TPSA) is 72.5 Å². The Kier molecular flexibility index (Phi) is 11.4. The number of nitrogens with one attached hydrogen (secondary N) is 1. The third-order valence-electron chi connectivity index (χ3n) is 2.12. The van der Waals surface area contributed by atoms with E-state index in [0.29, 0.717) is 0 Å². The van der Waals surface area contributed by atoms with E-state index in [9.17, 15) is 4.79 Å². The van der Waals surface area contributed by atoms with Crippen LogP contribution in [0.2, 0.25) is 0 Å². The van der Waals surface area contributed by atoms with E-state index in [0.717, 1.165) is 25.7 Å². The summed E-state index contributed by atoms with van der Waals surface area (Å²) in [5, 5.41) is 2.90. The van der Waals surface area contributed by atoms with E-state index in [4.69, 9.17) is 14.3 Å². The molecular weight excluding hydrogens is 234 g/mol. The Morgan fingerprint density at radius 3 is 2.11 bits per heavy atom. The van der Waals surface area contributed by atoms with E-state index in [2.05, 4.69) is 19.2 Å². The molecule has 0 heterocycles. The van der Waals surface area contributed by atoms with Crippen LogP contribution in [0.5, 0.6) is 0 Å². The number of amides is 1. The SMILES string of the molecule is CCCC[C@H](CC)NC(=O)OC(C)(C)C.O=C=O. The van der Waals surface area contributed by atoms with Gasteiger partial charge in [-0.3, -0.25) is 0 Å². The Morgan fingerprint density at radius 2 is 1.78 bits per heavy atom. The van der Waals surface area contributed by atoms with Gasteiger partial charge in [-0.2, -0.15) is 9.59 Å². The van der Waals surface area contributed by atoms with Gasteiger partial charge < -0.3 is 10.1 Å². The molecule has 0 saturated heterocycles. The predicted molar refractivity (Wildman–Crippen MR) is 68.0 cm³/mol. The molecule has 0 radical (unpaired) electrons. The predicted octanol–water partition coefficient (Wildman–Crippen LogP) is 2.90. The van der Waals surface area contributed by atoms with Crippen molar-refractivity contribution >= 4 is 12.2 Å². The van der Waals surface area contributed by atoms with Gasteiger partial charge in [-0.25, -0.2) is 4.79 Å². The van der Waals surface area contributed by atoms with E-state index in [1.54, 1.807) is 0 Å². The third-order valence-corrected chi connectivity index (χ3v) is 2.12. The summed E-state index contributed by atoms with van der Waals surface area (Å²) < 4.78 is 5.20. The van der Waals surface area contributed by atoms with Crippen molar-refractivity contribution in [3.05, 3.63) is 0 Å². The quantitative estimate of drug-likeness (QED) is 0.824. The molecule has 0 aromatic carbocycles. The molecule has 5 heteroatoms. The summed E-state index contributed by atoms with van der Waals surface area (Å²) in [4.78, 5) is 27.7. The molecule has 1 amide bonds. The second-order valence-corrected chi connectivity index (χ2v) is 4.98. The van der Waals surface area contributed by atoms with Crippen molar-refractivity contribution in [2.45, 2.75) is 71.9 Å². The van der Waals surface area contributed by atoms with E-state index in [-0.39, 0.29) is 18.3 Å². The molecule has 5 nitrogen and oxygen atoms in total. The molecule has 1 N–H and O–H groups in total. The lowest BCUT2D eigenvalue weighted by molar-refractivity contribution is -0.191. The molecule has 0 aliphatic rings. The van der Waals surface area contributed by atoms with Crippen molar-refractivity contribution < 1.29 is 19.1 Å². The third kappa shape index (κ3) is 14.6. The van der Waals surface area contributed by atoms with Crippen LogP contribution < -0.4 is 5.32 Å². The molecule has 0 spiro atoms. The smallest absolute Gasteiger partial charge is 0.407 e. The van der Waals surface area contributed by atoms with E-state index >= 15 is 0 Å². The van der Waals surface area contributed by atoms with E-state index in [1.807, 2.05) is 20.8 Å². The Hall–Kier alpha value is -1.35. The summed E-state index contributed by atoms with van der Waals surface area (Å²) in [6.45, 7) is 9.86. The summed E-state index contributed by atoms with van der Waals surface area (Å²) in [6, 6.07) is 0.250. The molecule has 0 aromatic heterocycles. The van der Waals surface area contributed by atoms with E-state index < -0.39 is 5.60 Å². The molecular formula is C13H25NO4. The van der Waals surface area contributed by atoms with Gasteiger partial charge in [-0.1, -0.05) is 26.7 Å². The fraction of sp³-hybridized carbons (Fsp3) is 0.846. The van der Waals surface area contributed by atoms with Crippen molar-refractivity contribution in [3.8, 4) is 0 Å². The molecule has 0 bridgehead atoms. The van der Waals surface area contributed by atoms with Crippen molar-refractivity contribution in [1.82, 2.24) is 5.32 Å². The highest BCUT2D eigenvalue weighted by Gasteiger charge is 2.18. The van der Waals surface area contributed by atoms with Crippen molar-refractivity contribution in [3.63, 3.8) is 0 Å². The average molecular weight is 259 g/mol. The molecule has 1 atom stereocenters. The minimum absolute atomic E-state index is 0.250. The lowest BCUT2D eigenvalue weighted by atomic mass is 10.1. The maximum Gasteiger partial charge on any atom is 0.407 e. The highest BCUT2D eigenvalue weighted by atomic mass is 16.6. The van der Waals surface area contributed by atoms with Crippen LogP contribution in [0.1, 0.15) is 60.3 Å². The van der Waals surface area contributed by atoms with Crippen LogP contribution in [0.4, 0.5) is 4.79 Å². The van der Waals surface area contributed by atoms with Gasteiger partial charge in [0.25, 0.3) is 0 Å². The van der Waals surface area contributed by atoms with Crippen molar-refractivity contribution in [2.24, 2.45) is 0 Å². The maximum absolute atomic E-state index is 11.5. The van der Waals surface area contributed by atoms with Crippen molar-refractivity contribution in [2.75, 3.05) is 0 Å². The van der Waals surface area contributed by atoms with Gasteiger partial charge in [0.2, 0.25) is 0 Å². The highest BCUT2D eigenvalue weighted by Crippen LogP contribution is 2.09. The second kappa shape index (κ2) is 10.8. The molecule has 18 heavy (non-hydrogen) atoms. The van der Waals surface area contributed by atoms with Gasteiger partial charge in [0.15, 0.2) is 0 Å². The first-order valence-corrected chi connectivity index (χ1v) is 6.29. The van der Waals surface area contributed by atoms with Crippen LogP contribution in [0.3, 0.4) is 0 Å². The second-order valence-electron chi connectivity index (χ2n) is 4.98. The molecule has 0 rings (SSSR count). The molecule has 0 aliphatic carbocycles. The Balaban J connectivity index is 0. The summed E-state index contributed by atoms with van der Waals surface area (Å²) >= 11 is 0. The fourth-order valence-corrected chi connectivity index (χ4v) is 1.30. The minimum atomic E-state index is -0.410. The molecule has 0 fully saturated rings. The van der Waals surface area contributed by atoms with Crippen LogP contribution in [-0.2, 0) is 14.3 Å². The number of alkyl carbamates (subject to hydrolysis) is 1. The van der Waals surface area contributed by atoms with Crippen LogP contribution in [0, 0.1) is 0 Å². The summed E-state index contributed by atoms with van der Waals surface area (Å²) in [6.07, 6.45) is 4.25. The van der Waals surface area contributed by atoms with Crippen LogP contribution in [-0.4, -0.2) is 23.9 Å². The lowest BCUT2D eigenvalue weighted by Crippen LogP contribution is -2.38. The first kappa shape index (κ1) is 19.0. The standard InChI is InChI=1S/C12H25NO2.CO2/c1-6-8-9-10(7-2)13-11(14)15-12(3,4)5;2-1-3/h10H,6-9H2,1-5H3,(H,13,14);/t10-;/m0./s1. The van der Waals surface area contributed by atoms with Crippen molar-refractivity contribution in [1.29, 1.82) is 0 Å². The average Bonchev–Trinajstić information content (AvgIpc) is 2.22. The first-order chi connectivity index (χ1) is 8.30.